The predicted octanol–water partition coefficient (Wildman–Crippen LogP) is 8.65. The van der Waals surface area contributed by atoms with Crippen molar-refractivity contribution >= 4 is 46.2 Å². The van der Waals surface area contributed by atoms with Gasteiger partial charge < -0.3 is 10.2 Å². The van der Waals surface area contributed by atoms with E-state index in [4.69, 9.17) is 26.7 Å². The van der Waals surface area contributed by atoms with E-state index in [-0.39, 0.29) is 11.7 Å². The standard InChI is InChI=1S/C32H22ClF3N6/c1-19-27-28(20-14-16-22(33)17-15-20)41-26-13-6-5-12-25(26)38-29(37-23-9-7-8-21(18-23)32(34,35)36)31(41)39-30(27)42(40-19)24-10-3-2-4-11-24/h2-18,28H,1H3,(H,37,38). The second kappa shape index (κ2) is 9.88. The van der Waals surface area contributed by atoms with Gasteiger partial charge in [-0.1, -0.05) is 60.1 Å². The van der Waals surface area contributed by atoms with Crippen molar-refractivity contribution in [2.75, 3.05) is 10.2 Å². The molecule has 2 aliphatic heterocycles. The normalized spacial score (nSPS) is 15.7. The number of hydrogen-bond donors (Lipinski definition) is 1. The van der Waals surface area contributed by atoms with E-state index in [0.717, 1.165) is 40.3 Å². The van der Waals surface area contributed by atoms with Crippen LogP contribution in [-0.2, 0) is 6.18 Å². The minimum atomic E-state index is -4.48. The smallest absolute Gasteiger partial charge is 0.337 e. The van der Waals surface area contributed by atoms with Gasteiger partial charge in [0.25, 0.3) is 0 Å². The van der Waals surface area contributed by atoms with Crippen molar-refractivity contribution in [3.05, 3.63) is 131 Å². The Morgan fingerprint density at radius 3 is 2.33 bits per heavy atom. The summed E-state index contributed by atoms with van der Waals surface area (Å²) < 4.78 is 42.4. The molecule has 0 aliphatic carbocycles. The highest BCUT2D eigenvalue weighted by Crippen LogP contribution is 2.48. The summed E-state index contributed by atoms with van der Waals surface area (Å²) in [5.74, 6) is 1.38. The molecule has 1 N–H and O–H groups in total. The molecule has 1 aromatic heterocycles. The fourth-order valence-electron chi connectivity index (χ4n) is 5.42. The molecule has 3 heterocycles. The van der Waals surface area contributed by atoms with Gasteiger partial charge in [0, 0.05) is 16.3 Å². The van der Waals surface area contributed by atoms with Gasteiger partial charge in [-0.2, -0.15) is 18.3 Å². The molecule has 10 heteroatoms. The fourth-order valence-corrected chi connectivity index (χ4v) is 5.54. The first-order valence-corrected chi connectivity index (χ1v) is 13.6. The fraction of sp³-hybridized carbons (Fsp3) is 0.0938. The van der Waals surface area contributed by atoms with Crippen molar-refractivity contribution in [2.45, 2.75) is 19.1 Å². The van der Waals surface area contributed by atoms with Crippen LogP contribution in [0.5, 0.6) is 0 Å². The number of anilines is 2. The van der Waals surface area contributed by atoms with Gasteiger partial charge in [-0.05, 0) is 67.1 Å². The van der Waals surface area contributed by atoms with Crippen LogP contribution in [0.15, 0.2) is 113 Å². The van der Waals surface area contributed by atoms with Gasteiger partial charge in [-0.15, -0.1) is 0 Å². The van der Waals surface area contributed by atoms with E-state index in [0.29, 0.717) is 28.2 Å². The number of para-hydroxylation sites is 3. The number of hydrogen-bond acceptors (Lipinski definition) is 5. The Morgan fingerprint density at radius 1 is 0.833 bits per heavy atom. The highest BCUT2D eigenvalue weighted by molar-refractivity contribution is 6.51. The van der Waals surface area contributed by atoms with E-state index in [1.807, 2.05) is 85.8 Å². The topological polar surface area (TPSA) is 57.8 Å². The maximum Gasteiger partial charge on any atom is 0.416 e. The molecule has 208 valence electrons. The quantitative estimate of drug-likeness (QED) is 0.232. The lowest BCUT2D eigenvalue weighted by Gasteiger charge is -2.40. The summed E-state index contributed by atoms with van der Waals surface area (Å²) in [6.45, 7) is 1.95. The number of nitrogens with zero attached hydrogens (tertiary/aromatic N) is 5. The Bertz CT molecular complexity index is 1880. The average molecular weight is 583 g/mol. The first-order valence-electron chi connectivity index (χ1n) is 13.2. The molecule has 0 saturated heterocycles. The van der Waals surface area contributed by atoms with Gasteiger partial charge in [-0.25, -0.2) is 14.7 Å². The van der Waals surface area contributed by atoms with Crippen molar-refractivity contribution in [3.8, 4) is 5.69 Å². The highest BCUT2D eigenvalue weighted by atomic mass is 35.5. The van der Waals surface area contributed by atoms with Crippen LogP contribution in [-0.4, -0.2) is 21.5 Å². The van der Waals surface area contributed by atoms with Crippen LogP contribution in [0.3, 0.4) is 0 Å². The molecule has 5 aromatic rings. The lowest BCUT2D eigenvalue weighted by Crippen LogP contribution is -2.46. The molecule has 1 unspecified atom stereocenters. The van der Waals surface area contributed by atoms with Crippen molar-refractivity contribution < 1.29 is 13.2 Å². The van der Waals surface area contributed by atoms with Gasteiger partial charge in [-0.3, -0.25) is 0 Å². The Hall–Kier alpha value is -4.89. The summed E-state index contributed by atoms with van der Waals surface area (Å²) in [5.41, 5.74) is 4.42. The molecule has 7 rings (SSSR count). The monoisotopic (exact) mass is 582 g/mol. The molecule has 6 nitrogen and oxygen atoms in total. The first-order chi connectivity index (χ1) is 20.3. The third-order valence-electron chi connectivity index (χ3n) is 7.28. The van der Waals surface area contributed by atoms with Crippen LogP contribution in [0.4, 0.5) is 36.1 Å². The summed E-state index contributed by atoms with van der Waals surface area (Å²) in [6.07, 6.45) is -4.48. The molecule has 0 radical (unpaired) electrons. The zero-order chi connectivity index (χ0) is 29.0. The number of benzene rings is 4. The highest BCUT2D eigenvalue weighted by Gasteiger charge is 2.41. The number of aliphatic imine (C=N–C) groups is 2. The Kier molecular flexibility index (Phi) is 6.13. The summed E-state index contributed by atoms with van der Waals surface area (Å²) in [7, 11) is 0. The zero-order valence-electron chi connectivity index (χ0n) is 22.1. The van der Waals surface area contributed by atoms with Gasteiger partial charge in [0.1, 0.15) is 0 Å². The van der Waals surface area contributed by atoms with Crippen molar-refractivity contribution in [3.63, 3.8) is 0 Å². The van der Waals surface area contributed by atoms with Crippen molar-refractivity contribution in [2.24, 2.45) is 9.98 Å². The summed E-state index contributed by atoms with van der Waals surface area (Å²) in [6, 6.07) is 29.6. The number of rotatable bonds is 3. The minimum Gasteiger partial charge on any atom is -0.337 e. The molecule has 0 bridgehead atoms. The molecule has 0 amide bonds. The molecule has 0 saturated carbocycles. The van der Waals surface area contributed by atoms with Crippen molar-refractivity contribution in [1.29, 1.82) is 0 Å². The number of amidine groups is 2. The maximum absolute atomic E-state index is 13.5. The molecule has 0 spiro atoms. The van der Waals surface area contributed by atoms with E-state index in [1.165, 1.54) is 6.07 Å². The molecule has 42 heavy (non-hydrogen) atoms. The summed E-state index contributed by atoms with van der Waals surface area (Å²) in [4.78, 5) is 12.0. The second-order valence-electron chi connectivity index (χ2n) is 9.98. The lowest BCUT2D eigenvalue weighted by atomic mass is 9.93. The third kappa shape index (κ3) is 4.42. The van der Waals surface area contributed by atoms with E-state index < -0.39 is 11.7 Å². The summed E-state index contributed by atoms with van der Waals surface area (Å²) >= 11 is 6.28. The van der Waals surface area contributed by atoms with Gasteiger partial charge in [0.15, 0.2) is 17.5 Å². The number of aryl methyl sites for hydroxylation is 1. The van der Waals surface area contributed by atoms with Gasteiger partial charge >= 0.3 is 6.18 Å². The summed E-state index contributed by atoms with van der Waals surface area (Å²) in [5, 5.41) is 8.63. The van der Waals surface area contributed by atoms with Crippen LogP contribution < -0.4 is 10.2 Å². The molecule has 1 atom stereocenters. The second-order valence-corrected chi connectivity index (χ2v) is 10.4. The SMILES string of the molecule is Cc1nn(-c2ccccc2)c2c1C(c1ccc(Cl)cc1)N1C(=N2)C(Nc2cccc(C(F)(F)F)c2)=Nc2ccccc21. The van der Waals surface area contributed by atoms with E-state index in [9.17, 15) is 13.2 Å². The lowest BCUT2D eigenvalue weighted by molar-refractivity contribution is -0.137. The molecule has 0 fully saturated rings. The molecular weight excluding hydrogens is 561 g/mol. The minimum absolute atomic E-state index is 0.243. The van der Waals surface area contributed by atoms with E-state index in [1.54, 1.807) is 10.7 Å². The Labute approximate surface area is 244 Å². The van der Waals surface area contributed by atoms with Crippen LogP contribution in [0.1, 0.15) is 28.4 Å². The van der Waals surface area contributed by atoms with E-state index >= 15 is 0 Å². The third-order valence-corrected chi connectivity index (χ3v) is 7.53. The number of aromatic nitrogens is 2. The van der Waals surface area contributed by atoms with Gasteiger partial charge in [0.2, 0.25) is 0 Å². The first kappa shape index (κ1) is 26.0. The van der Waals surface area contributed by atoms with Crippen LogP contribution >= 0.6 is 11.6 Å². The largest absolute Gasteiger partial charge is 0.416 e. The Morgan fingerprint density at radius 2 is 1.57 bits per heavy atom. The van der Waals surface area contributed by atoms with Crippen LogP contribution in [0, 0.1) is 6.92 Å². The van der Waals surface area contributed by atoms with Crippen LogP contribution in [0.2, 0.25) is 5.02 Å². The van der Waals surface area contributed by atoms with Crippen molar-refractivity contribution in [1.82, 2.24) is 9.78 Å². The number of halogens is 4. The van der Waals surface area contributed by atoms with Crippen LogP contribution in [0.25, 0.3) is 5.69 Å². The maximum atomic E-state index is 13.5. The predicted molar refractivity (Wildman–Crippen MR) is 160 cm³/mol. The molecule has 2 aliphatic rings. The number of fused-ring (bicyclic) bond motifs is 4. The van der Waals surface area contributed by atoms with Gasteiger partial charge in [0.05, 0.1) is 34.4 Å². The number of alkyl halides is 3. The zero-order valence-corrected chi connectivity index (χ0v) is 22.9. The average Bonchev–Trinajstić information content (AvgIpc) is 3.33. The molecule has 4 aromatic carbocycles. The van der Waals surface area contributed by atoms with E-state index in [2.05, 4.69) is 10.2 Å². The number of nitrogens with one attached hydrogen (secondary N) is 1. The molecular formula is C32H22ClF3N6. The Balaban J connectivity index is 1.47.